The van der Waals surface area contributed by atoms with E-state index in [1.165, 1.54) is 5.57 Å². The molecular formula is C22H29F3N2O3. The van der Waals surface area contributed by atoms with Gasteiger partial charge >= 0.3 is 6.18 Å². The van der Waals surface area contributed by atoms with Crippen LogP contribution in [0.2, 0.25) is 0 Å². The van der Waals surface area contributed by atoms with Gasteiger partial charge < -0.3 is 14.8 Å². The number of halogens is 3. The number of alkyl halides is 3. The van der Waals surface area contributed by atoms with Crippen molar-refractivity contribution in [3.8, 4) is 5.75 Å². The van der Waals surface area contributed by atoms with E-state index in [-0.39, 0.29) is 24.9 Å². The second-order valence-corrected chi connectivity index (χ2v) is 7.91. The lowest BCUT2D eigenvalue weighted by Gasteiger charge is -2.39. The van der Waals surface area contributed by atoms with E-state index in [0.717, 1.165) is 43.6 Å². The average Bonchev–Trinajstić information content (AvgIpc) is 2.67. The Kier molecular flexibility index (Phi) is 7.77. The maximum atomic E-state index is 12.2. The van der Waals surface area contributed by atoms with Gasteiger partial charge in [0, 0.05) is 39.7 Å². The fourth-order valence-corrected chi connectivity index (χ4v) is 3.78. The number of rotatable bonds is 10. The van der Waals surface area contributed by atoms with Gasteiger partial charge in [0.2, 0.25) is 5.91 Å². The molecule has 1 saturated heterocycles. The zero-order chi connectivity index (χ0) is 21.6. The Balaban J connectivity index is 1.43. The zero-order valence-electron chi connectivity index (χ0n) is 17.3. The van der Waals surface area contributed by atoms with E-state index >= 15 is 0 Å². The van der Waals surface area contributed by atoms with Crippen molar-refractivity contribution < 1.29 is 27.4 Å². The number of hydrogen-bond donors (Lipinski definition) is 1. The van der Waals surface area contributed by atoms with E-state index in [1.807, 2.05) is 18.2 Å². The van der Waals surface area contributed by atoms with E-state index in [9.17, 15) is 18.0 Å². The third kappa shape index (κ3) is 6.74. The van der Waals surface area contributed by atoms with Gasteiger partial charge in [0.05, 0.1) is 19.1 Å². The van der Waals surface area contributed by atoms with Crippen LogP contribution in [0, 0.1) is 5.92 Å². The molecule has 0 bridgehead atoms. The predicted octanol–water partition coefficient (Wildman–Crippen LogP) is 3.43. The average molecular weight is 426 g/mol. The van der Waals surface area contributed by atoms with E-state index in [2.05, 4.69) is 16.3 Å². The minimum Gasteiger partial charge on any atom is -0.494 e. The van der Waals surface area contributed by atoms with Crippen molar-refractivity contribution in [3.63, 3.8) is 0 Å². The molecule has 0 atom stereocenters. The smallest absolute Gasteiger partial charge is 0.389 e. The molecule has 1 aromatic rings. The molecule has 1 aliphatic heterocycles. The zero-order valence-corrected chi connectivity index (χ0v) is 17.3. The van der Waals surface area contributed by atoms with Crippen LogP contribution in [0.1, 0.15) is 30.4 Å². The van der Waals surface area contributed by atoms with Crippen LogP contribution < -0.4 is 10.1 Å². The van der Waals surface area contributed by atoms with Crippen molar-refractivity contribution in [2.24, 2.45) is 5.92 Å². The Hall–Kier alpha value is -2.06. The van der Waals surface area contributed by atoms with Gasteiger partial charge in [-0.15, -0.1) is 0 Å². The van der Waals surface area contributed by atoms with E-state index in [4.69, 9.17) is 9.47 Å². The molecule has 3 rings (SSSR count). The summed E-state index contributed by atoms with van der Waals surface area (Å²) >= 11 is 0. The lowest BCUT2D eigenvalue weighted by atomic mass is 9.90. The number of ether oxygens (including phenoxy) is 2. The van der Waals surface area contributed by atoms with Gasteiger partial charge in [0.15, 0.2) is 0 Å². The Bertz CT molecular complexity index is 758. The summed E-state index contributed by atoms with van der Waals surface area (Å²) in [7, 11) is 1.61. The van der Waals surface area contributed by atoms with Gasteiger partial charge in [0.25, 0.3) is 0 Å². The Labute approximate surface area is 175 Å². The molecular weight excluding hydrogens is 397 g/mol. The summed E-state index contributed by atoms with van der Waals surface area (Å²) < 4.78 is 47.0. The molecule has 1 heterocycles. The Morgan fingerprint density at radius 2 is 2.03 bits per heavy atom. The number of methoxy groups -OCH3 is 1. The molecule has 0 spiro atoms. The van der Waals surface area contributed by atoms with Crippen LogP contribution in [-0.4, -0.2) is 63.5 Å². The highest BCUT2D eigenvalue weighted by molar-refractivity contribution is 5.80. The van der Waals surface area contributed by atoms with Gasteiger partial charge in [-0.05, 0) is 42.5 Å². The number of aryl methyl sites for hydroxylation is 1. The molecule has 1 aromatic carbocycles. The Morgan fingerprint density at radius 3 is 2.77 bits per heavy atom. The van der Waals surface area contributed by atoms with Crippen LogP contribution in [0.3, 0.4) is 0 Å². The molecule has 1 amide bonds. The van der Waals surface area contributed by atoms with Crippen LogP contribution in [-0.2, 0) is 16.0 Å². The summed E-state index contributed by atoms with van der Waals surface area (Å²) in [6, 6.07) is 5.71. The lowest BCUT2D eigenvalue weighted by molar-refractivity contribution is -0.136. The van der Waals surface area contributed by atoms with Gasteiger partial charge in [0.1, 0.15) is 5.75 Å². The molecule has 1 fully saturated rings. The quantitative estimate of drug-likeness (QED) is 0.583. The molecule has 0 unspecified atom stereocenters. The summed E-state index contributed by atoms with van der Waals surface area (Å²) in [5, 5.41) is 2.88. The minimum absolute atomic E-state index is 0.0358. The highest BCUT2D eigenvalue weighted by Gasteiger charge is 2.32. The summed E-state index contributed by atoms with van der Waals surface area (Å²) in [5.74, 6) is 0.766. The van der Waals surface area contributed by atoms with E-state index < -0.39 is 12.6 Å². The molecule has 8 heteroatoms. The largest absolute Gasteiger partial charge is 0.494 e. The number of benzene rings is 1. The number of amides is 1. The second kappa shape index (κ2) is 10.3. The van der Waals surface area contributed by atoms with Crippen LogP contribution in [0.4, 0.5) is 13.2 Å². The Morgan fingerprint density at radius 1 is 1.23 bits per heavy atom. The summed E-state index contributed by atoms with van der Waals surface area (Å²) in [4.78, 5) is 14.3. The van der Waals surface area contributed by atoms with Crippen molar-refractivity contribution in [1.82, 2.24) is 10.2 Å². The van der Waals surface area contributed by atoms with Crippen LogP contribution in [0.25, 0.3) is 6.08 Å². The fourth-order valence-electron chi connectivity index (χ4n) is 3.78. The number of likely N-dealkylation sites (tertiary alicyclic amines) is 1. The predicted molar refractivity (Wildman–Crippen MR) is 108 cm³/mol. The highest BCUT2D eigenvalue weighted by Crippen LogP contribution is 2.29. The number of carbonyl (C=O) groups is 1. The molecule has 5 nitrogen and oxygen atoms in total. The topological polar surface area (TPSA) is 50.8 Å². The summed E-state index contributed by atoms with van der Waals surface area (Å²) in [6.45, 7) is 3.53. The first-order valence-electron chi connectivity index (χ1n) is 10.3. The SMILES string of the molecule is COCCNC(=O)C1CN(CC2=Cc3ccc(OCCCC(F)(F)F)cc3CC2)C1. The van der Waals surface area contributed by atoms with Gasteiger partial charge in [-0.2, -0.15) is 13.2 Å². The lowest BCUT2D eigenvalue weighted by Crippen LogP contribution is -2.54. The van der Waals surface area contributed by atoms with Crippen molar-refractivity contribution in [1.29, 1.82) is 0 Å². The minimum atomic E-state index is -4.13. The third-order valence-electron chi connectivity index (χ3n) is 5.42. The first kappa shape index (κ1) is 22.6. The number of nitrogens with one attached hydrogen (secondary N) is 1. The molecule has 0 saturated carbocycles. The summed E-state index contributed by atoms with van der Waals surface area (Å²) in [6.07, 6.45) is -0.994. The van der Waals surface area contributed by atoms with Crippen molar-refractivity contribution in [2.45, 2.75) is 31.9 Å². The van der Waals surface area contributed by atoms with Crippen molar-refractivity contribution in [3.05, 3.63) is 34.9 Å². The maximum Gasteiger partial charge on any atom is 0.389 e. The summed E-state index contributed by atoms with van der Waals surface area (Å²) in [5.41, 5.74) is 3.62. The second-order valence-electron chi connectivity index (χ2n) is 7.91. The fraction of sp³-hybridized carbons (Fsp3) is 0.591. The molecule has 30 heavy (non-hydrogen) atoms. The van der Waals surface area contributed by atoms with Gasteiger partial charge in [-0.1, -0.05) is 17.7 Å². The maximum absolute atomic E-state index is 12.2. The molecule has 0 radical (unpaired) electrons. The van der Waals surface area contributed by atoms with Crippen LogP contribution in [0.15, 0.2) is 23.8 Å². The standard InChI is InChI=1S/C22H29F3N2O3/c1-29-10-8-26-21(28)19-14-27(15-19)13-16-3-4-18-12-20(6-5-17(18)11-16)30-9-2-7-22(23,24)25/h5-6,11-12,19H,2-4,7-10,13-15H2,1H3,(H,26,28). The van der Waals surface area contributed by atoms with E-state index in [0.29, 0.717) is 18.9 Å². The molecule has 0 aromatic heterocycles. The first-order chi connectivity index (χ1) is 14.3. The molecule has 1 N–H and O–H groups in total. The van der Waals surface area contributed by atoms with Crippen LogP contribution in [0.5, 0.6) is 5.75 Å². The van der Waals surface area contributed by atoms with Gasteiger partial charge in [-0.25, -0.2) is 0 Å². The molecule has 1 aliphatic carbocycles. The number of carbonyl (C=O) groups excluding carboxylic acids is 1. The highest BCUT2D eigenvalue weighted by atomic mass is 19.4. The van der Waals surface area contributed by atoms with Gasteiger partial charge in [-0.3, -0.25) is 9.69 Å². The van der Waals surface area contributed by atoms with E-state index in [1.54, 1.807) is 7.11 Å². The normalized spacial score (nSPS) is 17.1. The number of nitrogens with zero attached hydrogens (tertiary/aromatic N) is 1. The monoisotopic (exact) mass is 426 g/mol. The number of hydrogen-bond acceptors (Lipinski definition) is 4. The van der Waals surface area contributed by atoms with Crippen molar-refractivity contribution >= 4 is 12.0 Å². The molecule has 2 aliphatic rings. The third-order valence-corrected chi connectivity index (χ3v) is 5.42. The van der Waals surface area contributed by atoms with Crippen molar-refractivity contribution in [2.75, 3.05) is 46.5 Å². The number of fused-ring (bicyclic) bond motifs is 1. The first-order valence-corrected chi connectivity index (χ1v) is 10.3. The van der Waals surface area contributed by atoms with Crippen LogP contribution >= 0.6 is 0 Å². The molecule has 166 valence electrons.